The highest BCUT2D eigenvalue weighted by atomic mass is 79.9. The standard InChI is InChI=1S/C13H20BrNO/c1-13(2,9-14)10-16-12-7-5-6-11(8-12)15(3)4/h5-8H,9-10H2,1-4H3. The molecule has 1 rings (SSSR count). The lowest BCUT2D eigenvalue weighted by Gasteiger charge is -2.22. The van der Waals surface area contributed by atoms with Gasteiger partial charge >= 0.3 is 0 Å². The van der Waals surface area contributed by atoms with Crippen molar-refractivity contribution in [2.45, 2.75) is 13.8 Å². The SMILES string of the molecule is CN(C)c1cccc(OCC(C)(C)CBr)c1. The van der Waals surface area contributed by atoms with Gasteiger partial charge in [0.05, 0.1) is 6.61 Å². The number of anilines is 1. The van der Waals surface area contributed by atoms with E-state index in [1.165, 1.54) is 0 Å². The Morgan fingerprint density at radius 3 is 2.56 bits per heavy atom. The molecule has 0 fully saturated rings. The fourth-order valence-electron chi connectivity index (χ4n) is 1.17. The summed E-state index contributed by atoms with van der Waals surface area (Å²) >= 11 is 3.49. The van der Waals surface area contributed by atoms with E-state index >= 15 is 0 Å². The molecule has 0 atom stereocenters. The van der Waals surface area contributed by atoms with Gasteiger partial charge in [0.15, 0.2) is 0 Å². The number of hydrogen-bond donors (Lipinski definition) is 0. The highest BCUT2D eigenvalue weighted by Crippen LogP contribution is 2.23. The van der Waals surface area contributed by atoms with Gasteiger partial charge in [-0.15, -0.1) is 0 Å². The Labute approximate surface area is 107 Å². The minimum atomic E-state index is 0.161. The van der Waals surface area contributed by atoms with Crippen LogP contribution in [-0.2, 0) is 0 Å². The van der Waals surface area contributed by atoms with Crippen LogP contribution in [-0.4, -0.2) is 26.0 Å². The van der Waals surface area contributed by atoms with Gasteiger partial charge in [-0.3, -0.25) is 0 Å². The van der Waals surface area contributed by atoms with E-state index in [0.29, 0.717) is 0 Å². The Kier molecular flexibility index (Phi) is 4.66. The molecule has 0 saturated heterocycles. The number of benzene rings is 1. The van der Waals surface area contributed by atoms with Crippen molar-refractivity contribution in [2.75, 3.05) is 30.9 Å². The minimum absolute atomic E-state index is 0.161. The lowest BCUT2D eigenvalue weighted by Crippen LogP contribution is -2.22. The zero-order valence-electron chi connectivity index (χ0n) is 10.5. The topological polar surface area (TPSA) is 12.5 Å². The average Bonchev–Trinajstić information content (AvgIpc) is 2.27. The van der Waals surface area contributed by atoms with Crippen molar-refractivity contribution in [1.29, 1.82) is 0 Å². The molecule has 0 spiro atoms. The van der Waals surface area contributed by atoms with Crippen LogP contribution in [0.5, 0.6) is 5.75 Å². The summed E-state index contributed by atoms with van der Waals surface area (Å²) in [5.74, 6) is 0.931. The predicted octanol–water partition coefficient (Wildman–Crippen LogP) is 3.55. The molecule has 0 aromatic heterocycles. The molecule has 1 aromatic carbocycles. The van der Waals surface area contributed by atoms with Crippen LogP contribution in [0.4, 0.5) is 5.69 Å². The number of nitrogens with zero attached hydrogens (tertiary/aromatic N) is 1. The molecule has 0 bridgehead atoms. The molecule has 0 saturated carbocycles. The van der Waals surface area contributed by atoms with Gasteiger partial charge in [0, 0.05) is 36.6 Å². The second-order valence-electron chi connectivity index (χ2n) is 4.98. The molecule has 0 N–H and O–H groups in total. The van der Waals surface area contributed by atoms with Gasteiger partial charge in [-0.2, -0.15) is 0 Å². The van der Waals surface area contributed by atoms with Crippen LogP contribution in [0.3, 0.4) is 0 Å². The Morgan fingerprint density at radius 1 is 1.31 bits per heavy atom. The van der Waals surface area contributed by atoms with E-state index in [1.54, 1.807) is 0 Å². The second kappa shape index (κ2) is 5.58. The Balaban J connectivity index is 2.64. The molecule has 0 amide bonds. The molecule has 16 heavy (non-hydrogen) atoms. The fraction of sp³-hybridized carbons (Fsp3) is 0.538. The highest BCUT2D eigenvalue weighted by Gasteiger charge is 2.16. The highest BCUT2D eigenvalue weighted by molar-refractivity contribution is 9.09. The molecule has 0 aliphatic heterocycles. The third kappa shape index (κ3) is 4.05. The Morgan fingerprint density at radius 2 is 2.00 bits per heavy atom. The first-order chi connectivity index (χ1) is 7.44. The van der Waals surface area contributed by atoms with Crippen molar-refractivity contribution < 1.29 is 4.74 Å². The van der Waals surface area contributed by atoms with E-state index in [4.69, 9.17) is 4.74 Å². The van der Waals surface area contributed by atoms with Gasteiger partial charge in [-0.05, 0) is 12.1 Å². The van der Waals surface area contributed by atoms with Crippen molar-refractivity contribution in [3.63, 3.8) is 0 Å². The zero-order chi connectivity index (χ0) is 12.2. The van der Waals surface area contributed by atoms with E-state index in [9.17, 15) is 0 Å². The molecule has 0 radical (unpaired) electrons. The molecule has 1 aromatic rings. The maximum atomic E-state index is 5.80. The summed E-state index contributed by atoms with van der Waals surface area (Å²) in [6, 6.07) is 8.15. The maximum absolute atomic E-state index is 5.80. The lowest BCUT2D eigenvalue weighted by atomic mass is 9.98. The number of halogens is 1. The largest absolute Gasteiger partial charge is 0.493 e. The monoisotopic (exact) mass is 285 g/mol. The molecule has 0 heterocycles. The second-order valence-corrected chi connectivity index (χ2v) is 5.54. The van der Waals surface area contributed by atoms with Crippen LogP contribution in [0.25, 0.3) is 0 Å². The molecular formula is C13H20BrNO. The smallest absolute Gasteiger partial charge is 0.121 e. The molecule has 0 aliphatic rings. The van der Waals surface area contributed by atoms with Crippen LogP contribution in [0, 0.1) is 5.41 Å². The third-order valence-corrected chi connectivity index (χ3v) is 3.84. The number of alkyl halides is 1. The minimum Gasteiger partial charge on any atom is -0.493 e. The van der Waals surface area contributed by atoms with Crippen LogP contribution >= 0.6 is 15.9 Å². The van der Waals surface area contributed by atoms with Gasteiger partial charge in [0.25, 0.3) is 0 Å². The van der Waals surface area contributed by atoms with E-state index in [2.05, 4.69) is 46.8 Å². The summed E-state index contributed by atoms with van der Waals surface area (Å²) in [6.07, 6.45) is 0. The quantitative estimate of drug-likeness (QED) is 0.767. The number of rotatable bonds is 5. The molecule has 3 heteroatoms. The summed E-state index contributed by atoms with van der Waals surface area (Å²) < 4.78 is 5.80. The van der Waals surface area contributed by atoms with Gasteiger partial charge in [-0.1, -0.05) is 35.8 Å². The van der Waals surface area contributed by atoms with Crippen molar-refractivity contribution in [2.24, 2.45) is 5.41 Å². The predicted molar refractivity (Wildman–Crippen MR) is 73.8 cm³/mol. The van der Waals surface area contributed by atoms with E-state index in [0.717, 1.165) is 23.4 Å². The summed E-state index contributed by atoms with van der Waals surface area (Å²) in [5, 5.41) is 0.938. The lowest BCUT2D eigenvalue weighted by molar-refractivity contribution is 0.203. The van der Waals surface area contributed by atoms with Crippen LogP contribution in [0.15, 0.2) is 24.3 Å². The van der Waals surface area contributed by atoms with Gasteiger partial charge < -0.3 is 9.64 Å². The molecular weight excluding hydrogens is 266 g/mol. The van der Waals surface area contributed by atoms with Crippen molar-refractivity contribution >= 4 is 21.6 Å². The molecule has 0 aliphatic carbocycles. The van der Waals surface area contributed by atoms with Crippen LogP contribution in [0.2, 0.25) is 0 Å². The van der Waals surface area contributed by atoms with E-state index in [-0.39, 0.29) is 5.41 Å². The third-order valence-electron chi connectivity index (χ3n) is 2.33. The molecule has 90 valence electrons. The van der Waals surface area contributed by atoms with Gasteiger partial charge in [0.2, 0.25) is 0 Å². The summed E-state index contributed by atoms with van der Waals surface area (Å²) in [7, 11) is 4.06. The first-order valence-corrected chi connectivity index (χ1v) is 6.53. The first-order valence-electron chi connectivity index (χ1n) is 5.41. The van der Waals surface area contributed by atoms with Crippen LogP contribution in [0.1, 0.15) is 13.8 Å². The number of ether oxygens (including phenoxy) is 1. The van der Waals surface area contributed by atoms with Crippen molar-refractivity contribution in [3.05, 3.63) is 24.3 Å². The van der Waals surface area contributed by atoms with Crippen molar-refractivity contribution in [3.8, 4) is 5.75 Å². The van der Waals surface area contributed by atoms with Gasteiger partial charge in [-0.25, -0.2) is 0 Å². The Hall–Kier alpha value is -0.700. The molecule has 2 nitrogen and oxygen atoms in total. The van der Waals surface area contributed by atoms with Crippen molar-refractivity contribution in [1.82, 2.24) is 0 Å². The van der Waals surface area contributed by atoms with E-state index < -0.39 is 0 Å². The summed E-state index contributed by atoms with van der Waals surface area (Å²) in [4.78, 5) is 2.07. The van der Waals surface area contributed by atoms with Crippen LogP contribution < -0.4 is 9.64 Å². The summed E-state index contributed by atoms with van der Waals surface area (Å²) in [5.41, 5.74) is 1.32. The van der Waals surface area contributed by atoms with E-state index in [1.807, 2.05) is 26.2 Å². The average molecular weight is 286 g/mol. The maximum Gasteiger partial charge on any atom is 0.121 e. The molecule has 0 unspecified atom stereocenters. The number of hydrogen-bond acceptors (Lipinski definition) is 2. The first kappa shape index (κ1) is 13.4. The fourth-order valence-corrected chi connectivity index (χ4v) is 1.33. The summed E-state index contributed by atoms with van der Waals surface area (Å²) in [6.45, 7) is 5.07. The van der Waals surface area contributed by atoms with Gasteiger partial charge in [0.1, 0.15) is 5.75 Å². The normalized spacial score (nSPS) is 11.3. The Bertz CT molecular complexity index is 336. The zero-order valence-corrected chi connectivity index (χ0v) is 12.0.